The molecule has 0 aromatic heterocycles. The summed E-state index contributed by atoms with van der Waals surface area (Å²) in [5.41, 5.74) is -0.702. The molecule has 0 heterocycles. The fourth-order valence-electron chi connectivity index (χ4n) is 7.86. The Labute approximate surface area is 155 Å². The first-order valence-electron chi connectivity index (χ1n) is 10.1. The first-order valence-corrected chi connectivity index (χ1v) is 11.5. The zero-order chi connectivity index (χ0) is 18.0. The van der Waals surface area contributed by atoms with E-state index in [1.54, 1.807) is 0 Å². The Balaban J connectivity index is 1.73. The van der Waals surface area contributed by atoms with Crippen molar-refractivity contribution in [1.29, 1.82) is 0 Å². The normalized spacial score (nSPS) is 51.7. The number of aliphatic carboxylic acids is 1. The Morgan fingerprint density at radius 2 is 1.88 bits per heavy atom. The average Bonchev–Trinajstić information content (AvgIpc) is 2.57. The number of Topliss-reactive ketones (excluding diaryl/α,β-unsaturated/α-hetero) is 1. The van der Waals surface area contributed by atoms with Crippen molar-refractivity contribution in [2.24, 2.45) is 39.9 Å². The molecule has 4 heteroatoms. The van der Waals surface area contributed by atoms with Gasteiger partial charge in [0.25, 0.3) is 0 Å². The van der Waals surface area contributed by atoms with Crippen molar-refractivity contribution in [2.75, 3.05) is 12.0 Å². The molecule has 5 rings (SSSR count). The molecule has 5 aliphatic rings. The van der Waals surface area contributed by atoms with Gasteiger partial charge in [0, 0.05) is 17.1 Å². The minimum atomic E-state index is -0.619. The lowest BCUT2D eigenvalue weighted by molar-refractivity contribution is -0.202. The first-order chi connectivity index (χ1) is 11.8. The number of hydrogen-bond donors (Lipinski definition) is 1. The van der Waals surface area contributed by atoms with Gasteiger partial charge in [0.2, 0.25) is 0 Å². The van der Waals surface area contributed by atoms with Crippen molar-refractivity contribution in [1.82, 2.24) is 0 Å². The van der Waals surface area contributed by atoms with Crippen LogP contribution in [-0.2, 0) is 9.59 Å². The number of carboxylic acids is 1. The first kappa shape index (κ1) is 17.9. The lowest BCUT2D eigenvalue weighted by Gasteiger charge is -2.67. The third kappa shape index (κ3) is 2.18. The van der Waals surface area contributed by atoms with E-state index in [4.69, 9.17) is 0 Å². The van der Waals surface area contributed by atoms with Gasteiger partial charge in [0.1, 0.15) is 5.78 Å². The molecule has 0 amide bonds. The maximum atomic E-state index is 13.5. The number of carbonyl (C=O) groups is 2. The minimum absolute atomic E-state index is 0.0301. The number of carboxylic acid groups (broad SMARTS) is 1. The van der Waals surface area contributed by atoms with Crippen molar-refractivity contribution >= 4 is 23.5 Å². The number of ketones is 1. The van der Waals surface area contributed by atoms with E-state index < -0.39 is 11.4 Å². The molecule has 5 aliphatic carbocycles. The number of fused-ring (bicyclic) bond motifs is 3. The van der Waals surface area contributed by atoms with Gasteiger partial charge in [-0.25, -0.2) is 0 Å². The van der Waals surface area contributed by atoms with Crippen LogP contribution in [0.25, 0.3) is 0 Å². The molecule has 5 fully saturated rings. The molecule has 1 spiro atoms. The molecule has 0 aromatic rings. The zero-order valence-corrected chi connectivity index (χ0v) is 16.7. The third-order valence-corrected chi connectivity index (χ3v) is 9.74. The van der Waals surface area contributed by atoms with Gasteiger partial charge in [-0.3, -0.25) is 9.59 Å². The van der Waals surface area contributed by atoms with Gasteiger partial charge in [0.05, 0.1) is 5.41 Å². The second kappa shape index (κ2) is 5.74. The van der Waals surface area contributed by atoms with Crippen molar-refractivity contribution in [3.63, 3.8) is 0 Å². The van der Waals surface area contributed by atoms with Gasteiger partial charge in [-0.1, -0.05) is 13.3 Å². The molecule has 1 N–H and O–H groups in total. The Morgan fingerprint density at radius 3 is 2.56 bits per heavy atom. The summed E-state index contributed by atoms with van der Waals surface area (Å²) >= 11 is 1.81. The van der Waals surface area contributed by atoms with Crippen LogP contribution in [-0.4, -0.2) is 28.9 Å². The van der Waals surface area contributed by atoms with Crippen molar-refractivity contribution < 1.29 is 14.7 Å². The van der Waals surface area contributed by atoms with E-state index in [1.165, 1.54) is 12.8 Å². The molecular weight excluding hydrogens is 332 g/mol. The van der Waals surface area contributed by atoms with Crippen LogP contribution in [0.2, 0.25) is 0 Å². The van der Waals surface area contributed by atoms with E-state index in [0.29, 0.717) is 17.6 Å². The summed E-state index contributed by atoms with van der Waals surface area (Å²) < 4.78 is 0. The topological polar surface area (TPSA) is 54.4 Å². The highest BCUT2D eigenvalue weighted by atomic mass is 32.2. The highest BCUT2D eigenvalue weighted by molar-refractivity contribution is 7.98. The van der Waals surface area contributed by atoms with Crippen LogP contribution in [0, 0.1) is 39.9 Å². The predicted octanol–water partition coefficient (Wildman–Crippen LogP) is 4.64. The second-order valence-electron chi connectivity index (χ2n) is 9.84. The molecule has 5 saturated carbocycles. The summed E-state index contributed by atoms with van der Waals surface area (Å²) in [5.74, 6) is 2.36. The predicted molar refractivity (Wildman–Crippen MR) is 101 cm³/mol. The maximum Gasteiger partial charge on any atom is 0.309 e. The summed E-state index contributed by atoms with van der Waals surface area (Å²) in [6.45, 7) is 4.33. The largest absolute Gasteiger partial charge is 0.481 e. The molecule has 2 bridgehead atoms. The summed E-state index contributed by atoms with van der Waals surface area (Å²) in [6.07, 6.45) is 10.3. The van der Waals surface area contributed by atoms with Crippen molar-refractivity contribution in [2.45, 2.75) is 65.2 Å². The molecule has 1 unspecified atom stereocenters. The fourth-order valence-corrected chi connectivity index (χ4v) is 8.64. The second-order valence-corrected chi connectivity index (χ2v) is 10.8. The molecule has 0 aromatic carbocycles. The van der Waals surface area contributed by atoms with E-state index in [-0.39, 0.29) is 22.7 Å². The number of rotatable bonds is 3. The van der Waals surface area contributed by atoms with Gasteiger partial charge in [-0.15, -0.1) is 0 Å². The molecule has 0 saturated heterocycles. The highest BCUT2D eigenvalue weighted by Crippen LogP contribution is 2.71. The van der Waals surface area contributed by atoms with Crippen LogP contribution in [0.15, 0.2) is 0 Å². The Kier molecular flexibility index (Phi) is 4.11. The number of thioether (sulfide) groups is 1. The lowest BCUT2D eigenvalue weighted by atomic mass is 9.36. The highest BCUT2D eigenvalue weighted by Gasteiger charge is 2.68. The van der Waals surface area contributed by atoms with E-state index in [2.05, 4.69) is 13.2 Å². The summed E-state index contributed by atoms with van der Waals surface area (Å²) in [7, 11) is 0. The van der Waals surface area contributed by atoms with E-state index in [9.17, 15) is 14.7 Å². The van der Waals surface area contributed by atoms with Gasteiger partial charge >= 0.3 is 5.97 Å². The van der Waals surface area contributed by atoms with Crippen LogP contribution in [0.4, 0.5) is 0 Å². The van der Waals surface area contributed by atoms with E-state index in [1.807, 2.05) is 18.7 Å². The van der Waals surface area contributed by atoms with Crippen LogP contribution in [0.1, 0.15) is 65.2 Å². The SMILES string of the molecule is CSC[C@H]1C(=O)[C@]23CC[C@H]1CC2[C@]1(C)CCC[C@@](C)(C(=O)O)[C@H]1CC3. The monoisotopic (exact) mass is 364 g/mol. The fraction of sp³-hybridized carbons (Fsp3) is 0.905. The van der Waals surface area contributed by atoms with Crippen LogP contribution in [0.3, 0.4) is 0 Å². The van der Waals surface area contributed by atoms with Crippen LogP contribution >= 0.6 is 11.8 Å². The lowest BCUT2D eigenvalue weighted by Crippen LogP contribution is -2.65. The van der Waals surface area contributed by atoms with Gasteiger partial charge < -0.3 is 5.11 Å². The standard InChI is InChI=1S/C21H32O3S/c1-19-7-4-8-20(2,18(23)24)15(19)6-10-21-9-5-13(11-16(19)21)14(12-25-3)17(21)22/h13-16H,4-12H2,1-3H3,(H,23,24)/t13-,14+,15-,16?,19+,20+,21-/m0/s1. The summed E-state index contributed by atoms with van der Waals surface area (Å²) in [4.78, 5) is 25.6. The van der Waals surface area contributed by atoms with Gasteiger partial charge in [0.15, 0.2) is 0 Å². The molecule has 25 heavy (non-hydrogen) atoms. The third-order valence-electron chi connectivity index (χ3n) is 9.05. The van der Waals surface area contributed by atoms with Gasteiger partial charge in [-0.05, 0) is 81.3 Å². The van der Waals surface area contributed by atoms with Crippen LogP contribution in [0.5, 0.6) is 0 Å². The molecule has 7 atom stereocenters. The molecule has 0 aliphatic heterocycles. The zero-order valence-electron chi connectivity index (χ0n) is 15.8. The Bertz CT molecular complexity index is 604. The van der Waals surface area contributed by atoms with E-state index in [0.717, 1.165) is 44.3 Å². The molecular formula is C21H32O3S. The molecule has 0 radical (unpaired) electrons. The van der Waals surface area contributed by atoms with Crippen molar-refractivity contribution in [3.8, 4) is 0 Å². The number of carbonyl (C=O) groups excluding carboxylic acids is 1. The summed E-state index contributed by atoms with van der Waals surface area (Å²) in [5, 5.41) is 9.97. The smallest absolute Gasteiger partial charge is 0.309 e. The summed E-state index contributed by atoms with van der Waals surface area (Å²) in [6, 6.07) is 0. The van der Waals surface area contributed by atoms with E-state index >= 15 is 0 Å². The molecule has 140 valence electrons. The van der Waals surface area contributed by atoms with Crippen molar-refractivity contribution in [3.05, 3.63) is 0 Å². The minimum Gasteiger partial charge on any atom is -0.481 e. The Hall–Kier alpha value is -0.510. The molecule has 3 nitrogen and oxygen atoms in total. The average molecular weight is 365 g/mol. The number of hydrogen-bond acceptors (Lipinski definition) is 3. The van der Waals surface area contributed by atoms with Gasteiger partial charge in [-0.2, -0.15) is 11.8 Å². The maximum absolute atomic E-state index is 13.5. The Morgan fingerprint density at radius 1 is 1.16 bits per heavy atom. The quantitative estimate of drug-likeness (QED) is 0.792. The van der Waals surface area contributed by atoms with Crippen LogP contribution < -0.4 is 0 Å².